The van der Waals surface area contributed by atoms with Gasteiger partial charge in [0.25, 0.3) is 0 Å². The van der Waals surface area contributed by atoms with Gasteiger partial charge in [-0.1, -0.05) is 12.1 Å². The summed E-state index contributed by atoms with van der Waals surface area (Å²) in [4.78, 5) is 39.7. The Morgan fingerprint density at radius 1 is 1.14 bits per heavy atom. The normalized spacial score (nSPS) is 16.4. The summed E-state index contributed by atoms with van der Waals surface area (Å²) in [5, 5.41) is 3.08. The average molecular weight is 474 g/mol. The first-order valence-electron chi connectivity index (χ1n) is 12.3. The zero-order valence-electron chi connectivity index (χ0n) is 20.0. The molecule has 3 heterocycles. The molecule has 0 bridgehead atoms. The van der Waals surface area contributed by atoms with E-state index >= 15 is 0 Å². The number of rotatable bonds is 8. The topological polar surface area (TPSA) is 100 Å². The lowest BCUT2D eigenvalue weighted by atomic mass is 9.96. The number of hydrogen-bond donors (Lipinski definition) is 2. The molecule has 1 aromatic carbocycles. The number of ketones is 1. The molecule has 0 radical (unpaired) electrons. The number of ether oxygens (including phenoxy) is 1. The van der Waals surface area contributed by atoms with Gasteiger partial charge >= 0.3 is 0 Å². The SMILES string of the molecule is COCCN1CCC(C(=O)NCc2nc(-c3ccc4c(c3)CCC4=O)c(-c3ccncc3)[nH]2)CC1. The Balaban J connectivity index is 1.31. The second kappa shape index (κ2) is 10.5. The molecule has 1 aliphatic heterocycles. The maximum Gasteiger partial charge on any atom is 0.223 e. The van der Waals surface area contributed by atoms with Crippen molar-refractivity contribution in [1.82, 2.24) is 25.2 Å². The molecule has 1 fully saturated rings. The first kappa shape index (κ1) is 23.4. The minimum Gasteiger partial charge on any atom is -0.383 e. The second-order valence-corrected chi connectivity index (χ2v) is 9.26. The zero-order valence-corrected chi connectivity index (χ0v) is 20.0. The van der Waals surface area contributed by atoms with Crippen molar-refractivity contribution in [1.29, 1.82) is 0 Å². The van der Waals surface area contributed by atoms with Crippen LogP contribution < -0.4 is 5.32 Å². The number of imidazole rings is 1. The number of hydrogen-bond acceptors (Lipinski definition) is 6. The van der Waals surface area contributed by atoms with E-state index in [4.69, 9.17) is 9.72 Å². The van der Waals surface area contributed by atoms with Crippen LogP contribution in [0.4, 0.5) is 0 Å². The van der Waals surface area contributed by atoms with Crippen LogP contribution in [-0.4, -0.2) is 64.9 Å². The second-order valence-electron chi connectivity index (χ2n) is 9.26. The number of aromatic amines is 1. The van der Waals surface area contributed by atoms with Gasteiger partial charge in [0, 0.05) is 55.1 Å². The molecule has 182 valence electrons. The summed E-state index contributed by atoms with van der Waals surface area (Å²) in [5.74, 6) is 1.01. The first-order valence-corrected chi connectivity index (χ1v) is 12.3. The van der Waals surface area contributed by atoms with Crippen LogP contribution in [0.2, 0.25) is 0 Å². The Kier molecular flexibility index (Phi) is 7.01. The lowest BCUT2D eigenvalue weighted by Crippen LogP contribution is -2.41. The molecule has 1 aliphatic carbocycles. The van der Waals surface area contributed by atoms with Gasteiger partial charge in [0.05, 0.1) is 24.5 Å². The number of nitrogens with zero attached hydrogens (tertiary/aromatic N) is 3. The van der Waals surface area contributed by atoms with Gasteiger partial charge in [-0.25, -0.2) is 4.98 Å². The van der Waals surface area contributed by atoms with Crippen molar-refractivity contribution >= 4 is 11.7 Å². The van der Waals surface area contributed by atoms with E-state index in [0.29, 0.717) is 18.8 Å². The highest BCUT2D eigenvalue weighted by Crippen LogP contribution is 2.33. The van der Waals surface area contributed by atoms with Crippen LogP contribution in [0.15, 0.2) is 42.7 Å². The summed E-state index contributed by atoms with van der Waals surface area (Å²) in [5.41, 5.74) is 5.52. The van der Waals surface area contributed by atoms with Crippen molar-refractivity contribution in [3.63, 3.8) is 0 Å². The third-order valence-corrected chi connectivity index (χ3v) is 7.02. The fourth-order valence-electron chi connectivity index (χ4n) is 5.00. The van der Waals surface area contributed by atoms with Gasteiger partial charge in [-0.2, -0.15) is 0 Å². The fourth-order valence-corrected chi connectivity index (χ4v) is 5.00. The number of benzene rings is 1. The Morgan fingerprint density at radius 2 is 1.94 bits per heavy atom. The van der Waals surface area contributed by atoms with Crippen molar-refractivity contribution in [2.75, 3.05) is 33.4 Å². The average Bonchev–Trinajstić information content (AvgIpc) is 3.50. The van der Waals surface area contributed by atoms with Gasteiger partial charge in [0.2, 0.25) is 5.91 Å². The van der Waals surface area contributed by atoms with Gasteiger partial charge in [0.1, 0.15) is 5.82 Å². The smallest absolute Gasteiger partial charge is 0.223 e. The van der Waals surface area contributed by atoms with Crippen LogP contribution in [-0.2, 0) is 22.5 Å². The lowest BCUT2D eigenvalue weighted by Gasteiger charge is -2.30. The van der Waals surface area contributed by atoms with Gasteiger partial charge in [-0.05, 0) is 56.1 Å². The zero-order chi connectivity index (χ0) is 24.2. The molecule has 1 amide bonds. The highest BCUT2D eigenvalue weighted by molar-refractivity contribution is 6.01. The first-order chi connectivity index (χ1) is 17.1. The van der Waals surface area contributed by atoms with Crippen molar-refractivity contribution in [3.8, 4) is 22.5 Å². The van der Waals surface area contributed by atoms with Gasteiger partial charge in [-0.3, -0.25) is 14.6 Å². The maximum atomic E-state index is 12.8. The summed E-state index contributed by atoms with van der Waals surface area (Å²) < 4.78 is 5.16. The summed E-state index contributed by atoms with van der Waals surface area (Å²) in [6.07, 6.45) is 6.55. The Morgan fingerprint density at radius 3 is 2.71 bits per heavy atom. The third-order valence-electron chi connectivity index (χ3n) is 7.02. The standard InChI is InChI=1S/C27H31N5O3/c1-35-15-14-32-12-8-19(9-13-32)27(34)29-17-24-30-25(18-6-10-28-11-7-18)26(31-24)21-2-4-22-20(16-21)3-5-23(22)33/h2,4,6-7,10-11,16,19H,3,5,8-9,12-15,17H2,1H3,(H,29,34)(H,30,31). The van der Waals surface area contributed by atoms with E-state index in [0.717, 1.165) is 79.1 Å². The number of likely N-dealkylation sites (tertiary alicyclic amines) is 1. The van der Waals surface area contributed by atoms with E-state index in [9.17, 15) is 9.59 Å². The quantitative estimate of drug-likeness (QED) is 0.521. The number of pyridine rings is 1. The van der Waals surface area contributed by atoms with Crippen LogP contribution in [0, 0.1) is 5.92 Å². The van der Waals surface area contributed by atoms with E-state index in [2.05, 4.69) is 26.3 Å². The van der Waals surface area contributed by atoms with E-state index in [1.807, 2.05) is 24.3 Å². The van der Waals surface area contributed by atoms with Crippen LogP contribution in [0.5, 0.6) is 0 Å². The number of amides is 1. The lowest BCUT2D eigenvalue weighted by molar-refractivity contribution is -0.126. The van der Waals surface area contributed by atoms with E-state index in [1.54, 1.807) is 19.5 Å². The molecule has 0 saturated carbocycles. The van der Waals surface area contributed by atoms with Gasteiger partial charge in [-0.15, -0.1) is 0 Å². The number of aromatic nitrogens is 3. The minimum atomic E-state index is 0.0251. The van der Waals surface area contributed by atoms with Crippen LogP contribution in [0.1, 0.15) is 41.0 Å². The highest BCUT2D eigenvalue weighted by atomic mass is 16.5. The molecule has 35 heavy (non-hydrogen) atoms. The van der Waals surface area contributed by atoms with Crippen molar-refractivity contribution in [3.05, 3.63) is 59.7 Å². The largest absolute Gasteiger partial charge is 0.383 e. The van der Waals surface area contributed by atoms with Crippen molar-refractivity contribution < 1.29 is 14.3 Å². The minimum absolute atomic E-state index is 0.0251. The summed E-state index contributed by atoms with van der Waals surface area (Å²) in [7, 11) is 1.71. The number of Topliss-reactive ketones (excluding diaryl/α,β-unsaturated/α-hetero) is 1. The van der Waals surface area contributed by atoms with E-state index in [-0.39, 0.29) is 17.6 Å². The van der Waals surface area contributed by atoms with Crippen molar-refractivity contribution in [2.24, 2.45) is 5.92 Å². The highest BCUT2D eigenvalue weighted by Gasteiger charge is 2.25. The third kappa shape index (κ3) is 5.18. The molecule has 2 aromatic heterocycles. The molecular formula is C27H31N5O3. The molecule has 2 aliphatic rings. The molecule has 1 saturated heterocycles. The van der Waals surface area contributed by atoms with Gasteiger partial charge in [0.15, 0.2) is 5.78 Å². The van der Waals surface area contributed by atoms with Crippen LogP contribution in [0.3, 0.4) is 0 Å². The number of carbonyl (C=O) groups excluding carboxylic acids is 2. The Hall–Kier alpha value is -3.36. The Labute approximate surface area is 205 Å². The van der Waals surface area contributed by atoms with E-state index < -0.39 is 0 Å². The summed E-state index contributed by atoms with van der Waals surface area (Å²) in [6, 6.07) is 9.82. The predicted molar refractivity (Wildman–Crippen MR) is 133 cm³/mol. The molecular weight excluding hydrogens is 442 g/mol. The number of piperidine rings is 1. The molecule has 0 atom stereocenters. The number of methoxy groups -OCH3 is 1. The number of H-pyrrole nitrogens is 1. The van der Waals surface area contributed by atoms with Crippen molar-refractivity contribution in [2.45, 2.75) is 32.2 Å². The number of aryl methyl sites for hydroxylation is 1. The predicted octanol–water partition coefficient (Wildman–Crippen LogP) is 3.24. The number of fused-ring (bicyclic) bond motifs is 1. The molecule has 8 heteroatoms. The fraction of sp³-hybridized carbons (Fsp3) is 0.407. The molecule has 2 N–H and O–H groups in total. The van der Waals surface area contributed by atoms with Crippen LogP contribution >= 0.6 is 0 Å². The maximum absolute atomic E-state index is 12.8. The molecule has 0 unspecified atom stereocenters. The molecule has 0 spiro atoms. The molecule has 8 nitrogen and oxygen atoms in total. The van der Waals surface area contributed by atoms with Gasteiger partial charge < -0.3 is 19.9 Å². The van der Waals surface area contributed by atoms with E-state index in [1.165, 1.54) is 0 Å². The monoisotopic (exact) mass is 473 g/mol. The van der Waals surface area contributed by atoms with Crippen LogP contribution in [0.25, 0.3) is 22.5 Å². The molecule has 5 rings (SSSR count). The summed E-state index contributed by atoms with van der Waals surface area (Å²) >= 11 is 0. The summed E-state index contributed by atoms with van der Waals surface area (Å²) in [6.45, 7) is 3.80. The number of nitrogens with one attached hydrogen (secondary N) is 2. The number of carbonyl (C=O) groups is 2. The Bertz CT molecular complexity index is 1200. The molecule has 3 aromatic rings.